The van der Waals surface area contributed by atoms with Crippen molar-refractivity contribution in [3.8, 4) is 0 Å². The Morgan fingerprint density at radius 3 is 2.60 bits per heavy atom. The molecule has 0 saturated carbocycles. The standard InChI is InChI=1S/C17H21BrN2/c1-17(2)7-9-20(10-8-17)16-14(12-18)11-13-5-3-4-6-15(13)19-16/h3-6,11H,7-10,12H2,1-2H3. The van der Waals surface area contributed by atoms with Crippen LogP contribution in [0.1, 0.15) is 32.3 Å². The van der Waals surface area contributed by atoms with Gasteiger partial charge in [-0.3, -0.25) is 0 Å². The lowest BCUT2D eigenvalue weighted by Gasteiger charge is -2.38. The second-order valence-electron chi connectivity index (χ2n) is 6.45. The van der Waals surface area contributed by atoms with Crippen molar-refractivity contribution in [2.45, 2.75) is 32.0 Å². The SMILES string of the molecule is CC1(C)CCN(c2nc3ccccc3cc2CBr)CC1. The maximum Gasteiger partial charge on any atom is 0.133 e. The van der Waals surface area contributed by atoms with Crippen molar-refractivity contribution < 1.29 is 0 Å². The Morgan fingerprint density at radius 2 is 1.90 bits per heavy atom. The topological polar surface area (TPSA) is 16.1 Å². The van der Waals surface area contributed by atoms with Crippen LogP contribution in [0.4, 0.5) is 5.82 Å². The molecule has 1 fully saturated rings. The lowest BCUT2D eigenvalue weighted by atomic mass is 9.82. The van der Waals surface area contributed by atoms with Gasteiger partial charge in [-0.2, -0.15) is 0 Å². The summed E-state index contributed by atoms with van der Waals surface area (Å²) in [5, 5.41) is 2.09. The van der Waals surface area contributed by atoms with Crippen LogP contribution >= 0.6 is 15.9 Å². The summed E-state index contributed by atoms with van der Waals surface area (Å²) in [5.41, 5.74) is 2.86. The molecule has 0 atom stereocenters. The lowest BCUT2D eigenvalue weighted by Crippen LogP contribution is -2.38. The van der Waals surface area contributed by atoms with Gasteiger partial charge in [0.1, 0.15) is 5.82 Å². The monoisotopic (exact) mass is 332 g/mol. The number of pyridine rings is 1. The van der Waals surface area contributed by atoms with Gasteiger partial charge in [-0.15, -0.1) is 0 Å². The largest absolute Gasteiger partial charge is 0.356 e. The van der Waals surface area contributed by atoms with Crippen LogP contribution in [-0.4, -0.2) is 18.1 Å². The fourth-order valence-corrected chi connectivity index (χ4v) is 3.26. The van der Waals surface area contributed by atoms with Crippen molar-refractivity contribution in [2.24, 2.45) is 5.41 Å². The summed E-state index contributed by atoms with van der Waals surface area (Å²) in [7, 11) is 0. The molecule has 0 N–H and O–H groups in total. The van der Waals surface area contributed by atoms with E-state index in [1.54, 1.807) is 0 Å². The zero-order valence-corrected chi connectivity index (χ0v) is 13.8. The Kier molecular flexibility index (Phi) is 3.72. The first-order valence-corrected chi connectivity index (χ1v) is 8.41. The minimum Gasteiger partial charge on any atom is -0.356 e. The number of halogens is 1. The normalized spacial score (nSPS) is 18.4. The zero-order chi connectivity index (χ0) is 14.2. The van der Waals surface area contributed by atoms with Crippen LogP contribution in [0.25, 0.3) is 10.9 Å². The predicted octanol–water partition coefficient (Wildman–Crippen LogP) is 4.76. The van der Waals surface area contributed by atoms with Crippen LogP contribution in [0, 0.1) is 5.41 Å². The number of alkyl halides is 1. The molecule has 106 valence electrons. The number of hydrogen-bond acceptors (Lipinski definition) is 2. The molecule has 2 aromatic rings. The summed E-state index contributed by atoms with van der Waals surface area (Å²) in [6, 6.07) is 10.6. The van der Waals surface area contributed by atoms with E-state index in [-0.39, 0.29) is 0 Å². The number of rotatable bonds is 2. The van der Waals surface area contributed by atoms with E-state index in [1.807, 2.05) is 0 Å². The predicted molar refractivity (Wildman–Crippen MR) is 89.6 cm³/mol. The Morgan fingerprint density at radius 1 is 1.20 bits per heavy atom. The van der Waals surface area contributed by atoms with E-state index >= 15 is 0 Å². The van der Waals surface area contributed by atoms with E-state index < -0.39 is 0 Å². The molecule has 3 rings (SSSR count). The highest BCUT2D eigenvalue weighted by Gasteiger charge is 2.27. The van der Waals surface area contributed by atoms with Crippen molar-refractivity contribution in [1.82, 2.24) is 4.98 Å². The first kappa shape index (κ1) is 13.9. The third kappa shape index (κ3) is 2.69. The van der Waals surface area contributed by atoms with Crippen molar-refractivity contribution >= 4 is 32.7 Å². The second kappa shape index (κ2) is 5.36. The van der Waals surface area contributed by atoms with Gasteiger partial charge < -0.3 is 4.90 Å². The molecule has 0 unspecified atom stereocenters. The number of hydrogen-bond donors (Lipinski definition) is 0. The lowest BCUT2D eigenvalue weighted by molar-refractivity contribution is 0.279. The summed E-state index contributed by atoms with van der Waals surface area (Å²) >= 11 is 3.62. The molecule has 1 saturated heterocycles. The molecular formula is C17H21BrN2. The summed E-state index contributed by atoms with van der Waals surface area (Å²) in [6.45, 7) is 6.95. The van der Waals surface area contributed by atoms with Gasteiger partial charge in [0, 0.05) is 29.4 Å². The Hall–Kier alpha value is -1.09. The summed E-state index contributed by atoms with van der Waals surface area (Å²) in [6.07, 6.45) is 2.48. The molecule has 0 amide bonds. The van der Waals surface area contributed by atoms with Crippen molar-refractivity contribution in [2.75, 3.05) is 18.0 Å². The van der Waals surface area contributed by atoms with Gasteiger partial charge in [-0.05, 0) is 30.4 Å². The second-order valence-corrected chi connectivity index (χ2v) is 7.01. The average Bonchev–Trinajstić information content (AvgIpc) is 2.46. The van der Waals surface area contributed by atoms with Crippen LogP contribution in [0.5, 0.6) is 0 Å². The number of piperidine rings is 1. The highest BCUT2D eigenvalue weighted by atomic mass is 79.9. The minimum absolute atomic E-state index is 0.474. The number of nitrogens with zero attached hydrogens (tertiary/aromatic N) is 2. The first-order chi connectivity index (χ1) is 9.59. The van der Waals surface area contributed by atoms with Gasteiger partial charge in [-0.25, -0.2) is 4.98 Å². The number of aromatic nitrogens is 1. The third-order valence-electron chi connectivity index (χ3n) is 4.34. The molecule has 2 nitrogen and oxygen atoms in total. The van der Waals surface area contributed by atoms with Gasteiger partial charge in [0.05, 0.1) is 5.52 Å². The maximum atomic E-state index is 4.91. The molecule has 1 aromatic heterocycles. The molecule has 1 aliphatic heterocycles. The van der Waals surface area contributed by atoms with Gasteiger partial charge in [0.15, 0.2) is 0 Å². The zero-order valence-electron chi connectivity index (χ0n) is 12.2. The highest BCUT2D eigenvalue weighted by Crippen LogP contribution is 2.34. The van der Waals surface area contributed by atoms with E-state index in [9.17, 15) is 0 Å². The first-order valence-electron chi connectivity index (χ1n) is 7.29. The molecule has 3 heteroatoms. The summed E-state index contributed by atoms with van der Waals surface area (Å²) in [4.78, 5) is 7.37. The Labute approximate surface area is 129 Å². The molecular weight excluding hydrogens is 312 g/mol. The molecule has 1 aromatic carbocycles. The van der Waals surface area contributed by atoms with E-state index in [0.717, 1.165) is 29.8 Å². The Balaban J connectivity index is 1.98. The van der Waals surface area contributed by atoms with Crippen LogP contribution in [0.3, 0.4) is 0 Å². The smallest absolute Gasteiger partial charge is 0.133 e. The van der Waals surface area contributed by atoms with Crippen LogP contribution in [0.15, 0.2) is 30.3 Å². The number of fused-ring (bicyclic) bond motifs is 1. The number of para-hydroxylation sites is 1. The summed E-state index contributed by atoms with van der Waals surface area (Å²) in [5.74, 6) is 1.16. The molecule has 1 aliphatic rings. The van der Waals surface area contributed by atoms with Gasteiger partial charge in [-0.1, -0.05) is 48.0 Å². The van der Waals surface area contributed by atoms with Gasteiger partial charge >= 0.3 is 0 Å². The van der Waals surface area contributed by atoms with Gasteiger partial charge in [0.25, 0.3) is 0 Å². The van der Waals surface area contributed by atoms with E-state index in [2.05, 4.69) is 65.0 Å². The maximum absolute atomic E-state index is 4.91. The number of anilines is 1. The van der Waals surface area contributed by atoms with E-state index in [1.165, 1.54) is 23.8 Å². The van der Waals surface area contributed by atoms with Crippen LogP contribution < -0.4 is 4.90 Å². The molecule has 2 heterocycles. The van der Waals surface area contributed by atoms with Crippen LogP contribution in [-0.2, 0) is 5.33 Å². The average molecular weight is 333 g/mol. The van der Waals surface area contributed by atoms with Crippen molar-refractivity contribution in [3.05, 3.63) is 35.9 Å². The molecule has 20 heavy (non-hydrogen) atoms. The van der Waals surface area contributed by atoms with Crippen molar-refractivity contribution in [1.29, 1.82) is 0 Å². The molecule has 0 radical (unpaired) electrons. The fourth-order valence-electron chi connectivity index (χ4n) is 2.85. The van der Waals surface area contributed by atoms with Crippen molar-refractivity contribution in [3.63, 3.8) is 0 Å². The highest BCUT2D eigenvalue weighted by molar-refractivity contribution is 9.08. The molecule has 0 aliphatic carbocycles. The fraction of sp³-hybridized carbons (Fsp3) is 0.471. The van der Waals surface area contributed by atoms with Crippen LogP contribution in [0.2, 0.25) is 0 Å². The van der Waals surface area contributed by atoms with Gasteiger partial charge in [0.2, 0.25) is 0 Å². The minimum atomic E-state index is 0.474. The summed E-state index contributed by atoms with van der Waals surface area (Å²) < 4.78 is 0. The molecule has 0 bridgehead atoms. The Bertz CT molecular complexity index is 611. The van der Waals surface area contributed by atoms with E-state index in [0.29, 0.717) is 5.41 Å². The quantitative estimate of drug-likeness (QED) is 0.737. The molecule has 0 spiro atoms. The number of benzene rings is 1. The third-order valence-corrected chi connectivity index (χ3v) is 4.94. The van der Waals surface area contributed by atoms with E-state index in [4.69, 9.17) is 4.98 Å².